The number of carbonyl (C=O) groups excluding carboxylic acids is 2. The standard InChI is InChI=1S/C16H16N4O2S/c21-15(12-3-1-2-4-14(12)23)19-7-9-20(10-8-19)16(22)13-11-17-5-6-18-13/h1-6,11,23H,7-10H2. The molecule has 0 atom stereocenters. The fraction of sp³-hybridized carbons (Fsp3) is 0.250. The van der Waals surface area contributed by atoms with Crippen LogP contribution in [0.15, 0.2) is 47.8 Å². The van der Waals surface area contributed by atoms with Crippen molar-refractivity contribution >= 4 is 24.4 Å². The van der Waals surface area contributed by atoms with E-state index in [1.54, 1.807) is 21.9 Å². The predicted molar refractivity (Wildman–Crippen MR) is 87.5 cm³/mol. The van der Waals surface area contributed by atoms with Crippen LogP contribution in [0.3, 0.4) is 0 Å². The van der Waals surface area contributed by atoms with E-state index in [2.05, 4.69) is 22.6 Å². The van der Waals surface area contributed by atoms with Gasteiger partial charge in [-0.2, -0.15) is 0 Å². The number of nitrogens with zero attached hydrogens (tertiary/aromatic N) is 4. The Morgan fingerprint density at radius 2 is 1.61 bits per heavy atom. The molecule has 23 heavy (non-hydrogen) atoms. The lowest BCUT2D eigenvalue weighted by atomic mass is 10.1. The summed E-state index contributed by atoms with van der Waals surface area (Å²) >= 11 is 4.33. The zero-order valence-electron chi connectivity index (χ0n) is 12.4. The maximum absolute atomic E-state index is 12.5. The van der Waals surface area contributed by atoms with Gasteiger partial charge in [0.2, 0.25) is 0 Å². The number of benzene rings is 1. The summed E-state index contributed by atoms with van der Waals surface area (Å²) in [5, 5.41) is 0. The fourth-order valence-corrected chi connectivity index (χ4v) is 2.77. The Labute approximate surface area is 139 Å². The highest BCUT2D eigenvalue weighted by atomic mass is 32.1. The molecule has 118 valence electrons. The Bertz CT molecular complexity index is 715. The molecule has 0 aliphatic carbocycles. The topological polar surface area (TPSA) is 66.4 Å². The van der Waals surface area contributed by atoms with Crippen LogP contribution in [-0.4, -0.2) is 57.8 Å². The van der Waals surface area contributed by atoms with Crippen LogP contribution in [0.4, 0.5) is 0 Å². The molecule has 2 aromatic rings. The second kappa shape index (κ2) is 6.78. The number of piperazine rings is 1. The van der Waals surface area contributed by atoms with Crippen LogP contribution in [0.25, 0.3) is 0 Å². The van der Waals surface area contributed by atoms with Gasteiger partial charge < -0.3 is 9.80 Å². The molecule has 1 aliphatic heterocycles. The molecule has 0 N–H and O–H groups in total. The second-order valence-corrected chi connectivity index (χ2v) is 5.67. The maximum Gasteiger partial charge on any atom is 0.274 e. The first-order chi connectivity index (χ1) is 11.2. The van der Waals surface area contributed by atoms with Gasteiger partial charge in [-0.05, 0) is 12.1 Å². The number of rotatable bonds is 2. The van der Waals surface area contributed by atoms with Crippen LogP contribution in [0, 0.1) is 0 Å². The highest BCUT2D eigenvalue weighted by Crippen LogP contribution is 2.17. The van der Waals surface area contributed by atoms with Crippen molar-refractivity contribution in [1.82, 2.24) is 19.8 Å². The van der Waals surface area contributed by atoms with Gasteiger partial charge in [-0.25, -0.2) is 4.98 Å². The van der Waals surface area contributed by atoms with Gasteiger partial charge >= 0.3 is 0 Å². The molecule has 0 spiro atoms. The van der Waals surface area contributed by atoms with Crippen LogP contribution in [0.2, 0.25) is 0 Å². The van der Waals surface area contributed by atoms with Gasteiger partial charge in [0.25, 0.3) is 11.8 Å². The third-order valence-corrected chi connectivity index (χ3v) is 4.16. The minimum Gasteiger partial charge on any atom is -0.335 e. The van der Waals surface area contributed by atoms with Crippen LogP contribution < -0.4 is 0 Å². The monoisotopic (exact) mass is 328 g/mol. The van der Waals surface area contributed by atoms with E-state index in [-0.39, 0.29) is 11.8 Å². The van der Waals surface area contributed by atoms with Crippen LogP contribution >= 0.6 is 12.6 Å². The van der Waals surface area contributed by atoms with Crippen LogP contribution in [-0.2, 0) is 0 Å². The molecule has 0 bridgehead atoms. The normalized spacial score (nSPS) is 14.7. The average Bonchev–Trinajstić information content (AvgIpc) is 2.62. The largest absolute Gasteiger partial charge is 0.335 e. The van der Waals surface area contributed by atoms with Crippen molar-refractivity contribution in [2.45, 2.75) is 4.90 Å². The lowest BCUT2D eigenvalue weighted by Gasteiger charge is -2.34. The zero-order valence-corrected chi connectivity index (χ0v) is 13.3. The summed E-state index contributed by atoms with van der Waals surface area (Å²) in [5.41, 5.74) is 0.914. The van der Waals surface area contributed by atoms with Gasteiger partial charge in [0, 0.05) is 43.5 Å². The number of thiol groups is 1. The number of hydrogen-bond donors (Lipinski definition) is 1. The Morgan fingerprint density at radius 1 is 0.957 bits per heavy atom. The number of amides is 2. The molecule has 1 aliphatic rings. The molecule has 2 heterocycles. The fourth-order valence-electron chi connectivity index (χ4n) is 2.51. The molecule has 6 nitrogen and oxygen atoms in total. The van der Waals surface area contributed by atoms with Gasteiger partial charge in [-0.15, -0.1) is 12.6 Å². The van der Waals surface area contributed by atoms with Crippen LogP contribution in [0.5, 0.6) is 0 Å². The molecule has 1 aromatic heterocycles. The number of carbonyl (C=O) groups is 2. The van der Waals surface area contributed by atoms with Crippen molar-refractivity contribution in [2.24, 2.45) is 0 Å². The summed E-state index contributed by atoms with van der Waals surface area (Å²) < 4.78 is 0. The molecule has 7 heteroatoms. The lowest BCUT2D eigenvalue weighted by molar-refractivity contribution is 0.0530. The SMILES string of the molecule is O=C(c1cnccn1)N1CCN(C(=O)c2ccccc2S)CC1. The third kappa shape index (κ3) is 3.34. The molecular weight excluding hydrogens is 312 g/mol. The Morgan fingerprint density at radius 3 is 2.22 bits per heavy atom. The Hall–Kier alpha value is -2.41. The molecule has 1 fully saturated rings. The van der Waals surface area contributed by atoms with Crippen molar-refractivity contribution in [3.63, 3.8) is 0 Å². The van der Waals surface area contributed by atoms with E-state index < -0.39 is 0 Å². The predicted octanol–water partition coefficient (Wildman–Crippen LogP) is 1.36. The molecule has 1 aromatic carbocycles. The molecule has 1 saturated heterocycles. The first kappa shape index (κ1) is 15.5. The van der Waals surface area contributed by atoms with E-state index in [1.165, 1.54) is 18.6 Å². The smallest absolute Gasteiger partial charge is 0.274 e. The van der Waals surface area contributed by atoms with E-state index in [0.717, 1.165) is 0 Å². The number of aromatic nitrogens is 2. The second-order valence-electron chi connectivity index (χ2n) is 5.19. The molecular formula is C16H16N4O2S. The minimum atomic E-state index is -0.153. The first-order valence-corrected chi connectivity index (χ1v) is 7.74. The van der Waals surface area contributed by atoms with Crippen LogP contribution in [0.1, 0.15) is 20.8 Å². The van der Waals surface area contributed by atoms with E-state index in [1.807, 2.05) is 12.1 Å². The van der Waals surface area contributed by atoms with E-state index in [4.69, 9.17) is 0 Å². The summed E-state index contributed by atoms with van der Waals surface area (Å²) in [6, 6.07) is 7.23. The number of hydrogen-bond acceptors (Lipinski definition) is 5. The zero-order chi connectivity index (χ0) is 16.2. The van der Waals surface area contributed by atoms with Gasteiger partial charge in [0.05, 0.1) is 11.8 Å². The summed E-state index contributed by atoms with van der Waals surface area (Å²) in [7, 11) is 0. The molecule has 3 rings (SSSR count). The van der Waals surface area contributed by atoms with E-state index in [9.17, 15) is 9.59 Å². The Kier molecular flexibility index (Phi) is 4.57. The van der Waals surface area contributed by atoms with Crippen molar-refractivity contribution in [3.05, 3.63) is 54.1 Å². The third-order valence-electron chi connectivity index (χ3n) is 3.77. The van der Waals surface area contributed by atoms with Gasteiger partial charge in [0.1, 0.15) is 5.69 Å². The molecule has 2 amide bonds. The summed E-state index contributed by atoms with van der Waals surface area (Å²) in [5.74, 6) is -0.206. The van der Waals surface area contributed by atoms with Gasteiger partial charge in [-0.1, -0.05) is 12.1 Å². The maximum atomic E-state index is 12.5. The minimum absolute atomic E-state index is 0.0535. The van der Waals surface area contributed by atoms with Crippen molar-refractivity contribution in [2.75, 3.05) is 26.2 Å². The van der Waals surface area contributed by atoms with Gasteiger partial charge in [-0.3, -0.25) is 14.6 Å². The summed E-state index contributed by atoms with van der Waals surface area (Å²) in [6.07, 6.45) is 4.48. The molecule has 0 unspecified atom stereocenters. The highest BCUT2D eigenvalue weighted by molar-refractivity contribution is 7.80. The first-order valence-electron chi connectivity index (χ1n) is 7.29. The molecule has 0 radical (unpaired) electrons. The highest BCUT2D eigenvalue weighted by Gasteiger charge is 2.26. The van der Waals surface area contributed by atoms with E-state index in [0.29, 0.717) is 42.3 Å². The molecule has 0 saturated carbocycles. The Balaban J connectivity index is 1.64. The lowest BCUT2D eigenvalue weighted by Crippen LogP contribution is -2.50. The quantitative estimate of drug-likeness (QED) is 0.846. The van der Waals surface area contributed by atoms with Crippen molar-refractivity contribution in [1.29, 1.82) is 0 Å². The van der Waals surface area contributed by atoms with Gasteiger partial charge in [0.15, 0.2) is 0 Å². The summed E-state index contributed by atoms with van der Waals surface area (Å²) in [4.78, 5) is 36.9. The average molecular weight is 328 g/mol. The van der Waals surface area contributed by atoms with Crippen molar-refractivity contribution < 1.29 is 9.59 Å². The van der Waals surface area contributed by atoms with Crippen molar-refractivity contribution in [3.8, 4) is 0 Å². The van der Waals surface area contributed by atoms with E-state index >= 15 is 0 Å². The summed E-state index contributed by atoms with van der Waals surface area (Å²) in [6.45, 7) is 1.95.